The number of hydrogen-bond acceptors (Lipinski definition) is 4. The third-order valence-corrected chi connectivity index (χ3v) is 4.88. The van der Waals surface area contributed by atoms with E-state index in [0.29, 0.717) is 25.3 Å². The molecule has 0 spiro atoms. The maximum absolute atomic E-state index is 11.9. The molecule has 6 nitrogen and oxygen atoms in total. The van der Waals surface area contributed by atoms with Crippen molar-refractivity contribution in [1.29, 1.82) is 0 Å². The van der Waals surface area contributed by atoms with Crippen molar-refractivity contribution in [3.63, 3.8) is 0 Å². The summed E-state index contributed by atoms with van der Waals surface area (Å²) in [5.41, 5.74) is 3.65. The van der Waals surface area contributed by atoms with Crippen LogP contribution in [0.15, 0.2) is 27.4 Å². The molecule has 1 aromatic heterocycles. The fourth-order valence-electron chi connectivity index (χ4n) is 3.30. The van der Waals surface area contributed by atoms with Crippen LogP contribution in [-0.4, -0.2) is 43.8 Å². The topological polar surface area (TPSA) is 64.2 Å². The molecule has 0 atom stereocenters. The Morgan fingerprint density at radius 3 is 2.56 bits per heavy atom. The van der Waals surface area contributed by atoms with E-state index in [1.54, 1.807) is 11.0 Å². The number of nitrogens with one attached hydrogen (secondary N) is 1. The molecular weight excluding hydrogens is 320 g/mol. The van der Waals surface area contributed by atoms with E-state index in [9.17, 15) is 9.59 Å². The number of carbonyl (C=O) groups is 1. The van der Waals surface area contributed by atoms with Crippen molar-refractivity contribution in [1.82, 2.24) is 4.90 Å². The van der Waals surface area contributed by atoms with E-state index in [2.05, 4.69) is 13.0 Å². The average Bonchev–Trinajstić information content (AvgIpc) is 2.57. The zero-order chi connectivity index (χ0) is 18.0. The summed E-state index contributed by atoms with van der Waals surface area (Å²) in [6, 6.07) is 5.63. The highest BCUT2D eigenvalue weighted by Gasteiger charge is 2.25. The Balaban J connectivity index is 1.77. The molecule has 1 amide bonds. The van der Waals surface area contributed by atoms with Gasteiger partial charge in [0.2, 0.25) is 0 Å². The van der Waals surface area contributed by atoms with Crippen molar-refractivity contribution >= 4 is 17.1 Å². The van der Waals surface area contributed by atoms with Gasteiger partial charge < -0.3 is 14.1 Å². The van der Waals surface area contributed by atoms with Gasteiger partial charge in [-0.2, -0.15) is 0 Å². The van der Waals surface area contributed by atoms with Gasteiger partial charge in [-0.05, 0) is 44.0 Å². The Labute approximate surface area is 147 Å². The van der Waals surface area contributed by atoms with Crippen molar-refractivity contribution in [2.75, 3.05) is 32.8 Å². The minimum Gasteiger partial charge on any atom is -0.450 e. The van der Waals surface area contributed by atoms with Crippen molar-refractivity contribution in [3.8, 4) is 0 Å². The van der Waals surface area contributed by atoms with Crippen LogP contribution in [0, 0.1) is 13.8 Å². The second kappa shape index (κ2) is 7.27. The molecule has 1 saturated heterocycles. The first-order valence-electron chi connectivity index (χ1n) is 8.77. The normalized spacial score (nSPS) is 15.6. The lowest BCUT2D eigenvalue weighted by Gasteiger charge is -2.31. The largest absolute Gasteiger partial charge is 0.450 e. The first-order valence-corrected chi connectivity index (χ1v) is 8.77. The summed E-state index contributed by atoms with van der Waals surface area (Å²) in [6.07, 6.45) is -0.238. The van der Waals surface area contributed by atoms with Crippen LogP contribution in [-0.2, 0) is 11.3 Å². The average molecular weight is 345 g/mol. The summed E-state index contributed by atoms with van der Waals surface area (Å²) < 4.78 is 10.4. The fourth-order valence-corrected chi connectivity index (χ4v) is 3.30. The molecule has 1 fully saturated rings. The van der Waals surface area contributed by atoms with E-state index < -0.39 is 0 Å². The van der Waals surface area contributed by atoms with Gasteiger partial charge in [0.1, 0.15) is 12.1 Å². The molecule has 3 rings (SSSR count). The number of ether oxygens (including phenoxy) is 1. The SMILES string of the molecule is CCOC(=O)N1CC[NH+](Cc2cc(=O)oc3cc(C)c(C)cc23)CC1. The smallest absolute Gasteiger partial charge is 0.410 e. The lowest BCUT2D eigenvalue weighted by atomic mass is 10.0. The van der Waals surface area contributed by atoms with Crippen molar-refractivity contribution in [2.24, 2.45) is 0 Å². The highest BCUT2D eigenvalue weighted by atomic mass is 16.6. The van der Waals surface area contributed by atoms with Gasteiger partial charge in [0.05, 0.1) is 32.8 Å². The first-order chi connectivity index (χ1) is 12.0. The van der Waals surface area contributed by atoms with Crippen LogP contribution in [0.25, 0.3) is 11.0 Å². The van der Waals surface area contributed by atoms with E-state index in [1.807, 2.05) is 19.9 Å². The van der Waals surface area contributed by atoms with Gasteiger partial charge in [-0.3, -0.25) is 4.90 Å². The van der Waals surface area contributed by atoms with Gasteiger partial charge in [0.15, 0.2) is 0 Å². The maximum atomic E-state index is 11.9. The molecule has 2 aromatic rings. The number of fused-ring (bicyclic) bond motifs is 1. The molecule has 0 unspecified atom stereocenters. The molecule has 1 aliphatic heterocycles. The molecule has 1 aromatic carbocycles. The highest BCUT2D eigenvalue weighted by molar-refractivity contribution is 5.81. The van der Waals surface area contributed by atoms with E-state index in [1.165, 1.54) is 10.5 Å². The summed E-state index contributed by atoms with van der Waals surface area (Å²) in [6.45, 7) is 10.1. The third kappa shape index (κ3) is 3.85. The number of nitrogens with zero attached hydrogens (tertiary/aromatic N) is 1. The number of rotatable bonds is 3. The fraction of sp³-hybridized carbons (Fsp3) is 0.474. The predicted molar refractivity (Wildman–Crippen MR) is 95.0 cm³/mol. The van der Waals surface area contributed by atoms with Gasteiger partial charge in [-0.15, -0.1) is 0 Å². The van der Waals surface area contributed by atoms with Crippen molar-refractivity contribution in [3.05, 3.63) is 45.3 Å². The lowest BCUT2D eigenvalue weighted by molar-refractivity contribution is -0.917. The van der Waals surface area contributed by atoms with Crippen molar-refractivity contribution in [2.45, 2.75) is 27.3 Å². The minimum atomic E-state index is -0.310. The molecule has 2 heterocycles. The lowest BCUT2D eigenvalue weighted by Crippen LogP contribution is -3.13. The molecule has 6 heteroatoms. The molecule has 0 radical (unpaired) electrons. The number of piperazine rings is 1. The second-order valence-electron chi connectivity index (χ2n) is 6.64. The number of amides is 1. The second-order valence-corrected chi connectivity index (χ2v) is 6.64. The standard InChI is InChI=1S/C19H24N2O4/c1-4-24-19(23)21-7-5-20(6-8-21)12-15-11-18(22)25-17-10-14(3)13(2)9-16(15)17/h9-11H,4-8,12H2,1-3H3/p+1. The van der Waals surface area contributed by atoms with Gasteiger partial charge in [-0.1, -0.05) is 0 Å². The quantitative estimate of drug-likeness (QED) is 0.851. The van der Waals surface area contributed by atoms with Gasteiger partial charge >= 0.3 is 11.7 Å². The van der Waals surface area contributed by atoms with E-state index in [0.717, 1.165) is 36.1 Å². The zero-order valence-corrected chi connectivity index (χ0v) is 15.1. The zero-order valence-electron chi connectivity index (χ0n) is 15.1. The number of benzene rings is 1. The summed E-state index contributed by atoms with van der Waals surface area (Å²) in [5.74, 6) is 0. The molecule has 0 bridgehead atoms. The van der Waals surface area contributed by atoms with Gasteiger partial charge in [0, 0.05) is 17.0 Å². The molecular formula is C19H25N2O4+. The van der Waals surface area contributed by atoms with Gasteiger partial charge in [-0.25, -0.2) is 9.59 Å². The summed E-state index contributed by atoms with van der Waals surface area (Å²) in [4.78, 5) is 26.8. The Bertz CT molecular complexity index is 835. The number of aryl methyl sites for hydroxylation is 2. The Kier molecular flexibility index (Phi) is 5.08. The molecule has 25 heavy (non-hydrogen) atoms. The molecule has 0 aliphatic carbocycles. The molecule has 134 valence electrons. The maximum Gasteiger partial charge on any atom is 0.410 e. The monoisotopic (exact) mass is 345 g/mol. The summed E-state index contributed by atoms with van der Waals surface area (Å²) >= 11 is 0. The van der Waals surface area contributed by atoms with Gasteiger partial charge in [0.25, 0.3) is 0 Å². The molecule has 1 aliphatic rings. The Morgan fingerprint density at radius 2 is 1.88 bits per heavy atom. The Morgan fingerprint density at radius 1 is 1.20 bits per heavy atom. The van der Waals surface area contributed by atoms with Crippen LogP contribution in [0.1, 0.15) is 23.6 Å². The predicted octanol–water partition coefficient (Wildman–Crippen LogP) is 1.27. The van der Waals surface area contributed by atoms with Crippen LogP contribution >= 0.6 is 0 Å². The van der Waals surface area contributed by atoms with E-state index >= 15 is 0 Å². The molecule has 1 N–H and O–H groups in total. The molecule has 0 saturated carbocycles. The summed E-state index contributed by atoms with van der Waals surface area (Å²) in [5, 5.41) is 1.00. The first kappa shape index (κ1) is 17.5. The van der Waals surface area contributed by atoms with Crippen molar-refractivity contribution < 1.29 is 18.8 Å². The van der Waals surface area contributed by atoms with E-state index in [-0.39, 0.29) is 11.7 Å². The van der Waals surface area contributed by atoms with Crippen LogP contribution in [0.3, 0.4) is 0 Å². The number of carbonyl (C=O) groups excluding carboxylic acids is 1. The summed E-state index contributed by atoms with van der Waals surface area (Å²) in [7, 11) is 0. The number of hydrogen-bond donors (Lipinski definition) is 1. The highest BCUT2D eigenvalue weighted by Crippen LogP contribution is 2.21. The number of quaternary nitrogens is 1. The Hall–Kier alpha value is -2.34. The van der Waals surface area contributed by atoms with Crippen LogP contribution in [0.5, 0.6) is 0 Å². The van der Waals surface area contributed by atoms with Crippen LogP contribution in [0.4, 0.5) is 4.79 Å². The minimum absolute atomic E-state index is 0.238. The van der Waals surface area contributed by atoms with Crippen LogP contribution < -0.4 is 10.5 Å². The van der Waals surface area contributed by atoms with Crippen LogP contribution in [0.2, 0.25) is 0 Å². The van der Waals surface area contributed by atoms with E-state index in [4.69, 9.17) is 9.15 Å². The third-order valence-electron chi connectivity index (χ3n) is 4.88.